The van der Waals surface area contributed by atoms with Crippen molar-refractivity contribution in [3.8, 4) is 0 Å². The number of pyridine rings is 1. The van der Waals surface area contributed by atoms with Crippen molar-refractivity contribution in [2.75, 3.05) is 13.1 Å². The minimum Gasteiger partial charge on any atom is -0.480 e. The van der Waals surface area contributed by atoms with Crippen molar-refractivity contribution in [3.05, 3.63) is 41.6 Å². The number of fused-ring (bicyclic) bond motifs is 1. The molecule has 0 bridgehead atoms. The van der Waals surface area contributed by atoms with E-state index in [4.69, 9.17) is 5.11 Å². The first-order valence-corrected chi connectivity index (χ1v) is 8.61. The molecule has 1 heterocycles. The van der Waals surface area contributed by atoms with Gasteiger partial charge in [0.15, 0.2) is 0 Å². The van der Waals surface area contributed by atoms with Crippen LogP contribution in [-0.4, -0.2) is 52.0 Å². The van der Waals surface area contributed by atoms with E-state index in [-0.39, 0.29) is 24.5 Å². The molecule has 0 saturated heterocycles. The number of nitrogens with zero attached hydrogens (tertiary/aromatic N) is 2. The average Bonchev–Trinajstić information content (AvgIpc) is 2.54. The largest absolute Gasteiger partial charge is 0.480 e. The molecule has 0 spiro atoms. The van der Waals surface area contributed by atoms with E-state index in [9.17, 15) is 9.59 Å². The molecule has 1 aromatic carbocycles. The molecule has 1 aliphatic carbocycles. The van der Waals surface area contributed by atoms with Gasteiger partial charge in [-0.3, -0.25) is 19.5 Å². The van der Waals surface area contributed by atoms with Crippen LogP contribution in [0.4, 0.5) is 0 Å². The van der Waals surface area contributed by atoms with E-state index in [1.807, 2.05) is 49.1 Å². The fraction of sp³-hybridized carbons (Fsp3) is 0.421. The molecule has 0 radical (unpaired) electrons. The van der Waals surface area contributed by atoms with Crippen LogP contribution < -0.4 is 5.32 Å². The predicted molar refractivity (Wildman–Crippen MR) is 95.6 cm³/mol. The highest BCUT2D eigenvalue weighted by molar-refractivity contribution is 6.06. The van der Waals surface area contributed by atoms with E-state index in [1.54, 1.807) is 0 Å². The molecule has 2 aromatic rings. The van der Waals surface area contributed by atoms with Gasteiger partial charge >= 0.3 is 5.97 Å². The maximum atomic E-state index is 12.7. The van der Waals surface area contributed by atoms with Crippen LogP contribution in [0.2, 0.25) is 0 Å². The van der Waals surface area contributed by atoms with Crippen LogP contribution in [0, 0.1) is 6.92 Å². The van der Waals surface area contributed by atoms with Crippen LogP contribution in [-0.2, 0) is 4.79 Å². The van der Waals surface area contributed by atoms with E-state index >= 15 is 0 Å². The van der Waals surface area contributed by atoms with Gasteiger partial charge < -0.3 is 10.4 Å². The first kappa shape index (κ1) is 17.4. The van der Waals surface area contributed by atoms with Crippen LogP contribution in [0.25, 0.3) is 10.9 Å². The Balaban J connectivity index is 1.66. The number of likely N-dealkylation sites (N-methyl/N-ethyl adjacent to an activating group) is 1. The monoisotopic (exact) mass is 341 g/mol. The second-order valence-electron chi connectivity index (χ2n) is 6.58. The summed E-state index contributed by atoms with van der Waals surface area (Å²) in [6.45, 7) is 4.59. The molecule has 1 fully saturated rings. The Morgan fingerprint density at radius 3 is 2.72 bits per heavy atom. The van der Waals surface area contributed by atoms with E-state index in [2.05, 4.69) is 10.3 Å². The predicted octanol–water partition coefficient (Wildman–Crippen LogP) is 2.21. The molecule has 6 nitrogen and oxygen atoms in total. The number of para-hydroxylation sites is 1. The van der Waals surface area contributed by atoms with Gasteiger partial charge in [0.2, 0.25) is 0 Å². The zero-order valence-corrected chi connectivity index (χ0v) is 14.5. The molecular weight excluding hydrogens is 318 g/mol. The first-order chi connectivity index (χ1) is 12.0. The van der Waals surface area contributed by atoms with E-state index < -0.39 is 5.97 Å². The van der Waals surface area contributed by atoms with Crippen LogP contribution in [0.3, 0.4) is 0 Å². The highest BCUT2D eigenvalue weighted by atomic mass is 16.4. The Bertz CT molecular complexity index is 800. The van der Waals surface area contributed by atoms with Crippen molar-refractivity contribution in [2.45, 2.75) is 38.8 Å². The number of benzene rings is 1. The van der Waals surface area contributed by atoms with Crippen molar-refractivity contribution in [1.29, 1.82) is 0 Å². The van der Waals surface area contributed by atoms with Crippen molar-refractivity contribution in [1.82, 2.24) is 15.2 Å². The summed E-state index contributed by atoms with van der Waals surface area (Å²) < 4.78 is 0. The van der Waals surface area contributed by atoms with Crippen molar-refractivity contribution in [3.63, 3.8) is 0 Å². The third kappa shape index (κ3) is 3.79. The number of aliphatic carboxylic acids is 1. The lowest BCUT2D eigenvalue weighted by Crippen LogP contribution is -2.54. The van der Waals surface area contributed by atoms with Gasteiger partial charge in [0.1, 0.15) is 0 Å². The Morgan fingerprint density at radius 1 is 1.32 bits per heavy atom. The summed E-state index contributed by atoms with van der Waals surface area (Å²) >= 11 is 0. The number of carbonyl (C=O) groups excluding carboxylic acids is 1. The van der Waals surface area contributed by atoms with Crippen molar-refractivity contribution >= 4 is 22.8 Å². The van der Waals surface area contributed by atoms with Gasteiger partial charge in [-0.25, -0.2) is 0 Å². The van der Waals surface area contributed by atoms with Crippen LogP contribution in [0.15, 0.2) is 30.3 Å². The minimum absolute atomic E-state index is 0.0516. The van der Waals surface area contributed by atoms with Crippen molar-refractivity contribution < 1.29 is 14.7 Å². The first-order valence-electron chi connectivity index (χ1n) is 8.61. The van der Waals surface area contributed by atoms with Gasteiger partial charge in [-0.2, -0.15) is 0 Å². The maximum absolute atomic E-state index is 12.7. The summed E-state index contributed by atoms with van der Waals surface area (Å²) in [6.07, 6.45) is 1.57. The summed E-state index contributed by atoms with van der Waals surface area (Å²) in [5, 5.41) is 12.9. The van der Waals surface area contributed by atoms with Gasteiger partial charge in [0.05, 0.1) is 17.6 Å². The number of carboxylic acid groups (broad SMARTS) is 1. The number of aromatic nitrogens is 1. The molecule has 1 amide bonds. The number of amides is 1. The number of carbonyl (C=O) groups is 2. The lowest BCUT2D eigenvalue weighted by Gasteiger charge is -2.42. The summed E-state index contributed by atoms with van der Waals surface area (Å²) in [5.41, 5.74) is 2.27. The lowest BCUT2D eigenvalue weighted by molar-refractivity contribution is -0.139. The molecule has 1 saturated carbocycles. The Hall–Kier alpha value is -2.47. The van der Waals surface area contributed by atoms with Crippen LogP contribution in [0.1, 0.15) is 35.8 Å². The van der Waals surface area contributed by atoms with Crippen LogP contribution in [0.5, 0.6) is 0 Å². The maximum Gasteiger partial charge on any atom is 0.317 e. The number of nitrogens with one attached hydrogen (secondary N) is 1. The summed E-state index contributed by atoms with van der Waals surface area (Å²) in [6, 6.07) is 9.76. The van der Waals surface area contributed by atoms with Crippen LogP contribution >= 0.6 is 0 Å². The topological polar surface area (TPSA) is 82.5 Å². The molecule has 6 heteroatoms. The normalized spacial score (nSPS) is 19.6. The quantitative estimate of drug-likeness (QED) is 0.842. The van der Waals surface area contributed by atoms with Crippen molar-refractivity contribution in [2.24, 2.45) is 0 Å². The van der Waals surface area contributed by atoms with Gasteiger partial charge in [-0.15, -0.1) is 0 Å². The highest BCUT2D eigenvalue weighted by Crippen LogP contribution is 2.26. The Morgan fingerprint density at radius 2 is 2.04 bits per heavy atom. The average molecular weight is 341 g/mol. The van der Waals surface area contributed by atoms with Gasteiger partial charge in [0.25, 0.3) is 5.91 Å². The number of hydrogen-bond donors (Lipinski definition) is 2. The smallest absolute Gasteiger partial charge is 0.317 e. The molecule has 1 aliphatic rings. The third-order valence-electron chi connectivity index (χ3n) is 4.80. The van der Waals surface area contributed by atoms with Gasteiger partial charge in [-0.05, 0) is 38.4 Å². The second-order valence-corrected chi connectivity index (χ2v) is 6.58. The van der Waals surface area contributed by atoms with Gasteiger partial charge in [-0.1, -0.05) is 25.1 Å². The molecule has 132 valence electrons. The molecule has 0 aliphatic heterocycles. The molecule has 0 unspecified atom stereocenters. The molecule has 25 heavy (non-hydrogen) atoms. The summed E-state index contributed by atoms with van der Waals surface area (Å²) in [4.78, 5) is 30.0. The third-order valence-corrected chi connectivity index (χ3v) is 4.80. The fourth-order valence-corrected chi connectivity index (χ4v) is 3.44. The summed E-state index contributed by atoms with van der Waals surface area (Å²) in [7, 11) is 0. The number of hydrogen-bond acceptors (Lipinski definition) is 4. The van der Waals surface area contributed by atoms with E-state index in [0.717, 1.165) is 29.4 Å². The molecule has 3 rings (SSSR count). The molecule has 1 aromatic heterocycles. The SMILES string of the molecule is CCN(CC(=O)O)C1CC(NC(=O)c2cc(C)nc3ccccc23)C1. The van der Waals surface area contributed by atoms with E-state index in [0.29, 0.717) is 12.1 Å². The summed E-state index contributed by atoms with van der Waals surface area (Å²) in [5.74, 6) is -0.903. The molecular formula is C19H23N3O3. The second kappa shape index (κ2) is 7.19. The van der Waals surface area contributed by atoms with Gasteiger partial charge in [0, 0.05) is 23.2 Å². The zero-order valence-electron chi connectivity index (χ0n) is 14.5. The Kier molecular flexibility index (Phi) is 4.99. The zero-order chi connectivity index (χ0) is 18.0. The molecule has 2 N–H and O–H groups in total. The number of carboxylic acids is 1. The molecule has 0 atom stereocenters. The standard InChI is InChI=1S/C19H23N3O3/c1-3-22(11-18(23)24)14-9-13(10-14)21-19(25)16-8-12(2)20-17-7-5-4-6-15(16)17/h4-8,13-14H,3,9-11H2,1-2H3,(H,21,25)(H,23,24). The highest BCUT2D eigenvalue weighted by Gasteiger charge is 2.34. The minimum atomic E-state index is -0.812. The number of rotatable bonds is 6. The Labute approximate surface area is 146 Å². The fourth-order valence-electron chi connectivity index (χ4n) is 3.44. The van der Waals surface area contributed by atoms with E-state index in [1.165, 1.54) is 0 Å². The number of aryl methyl sites for hydroxylation is 1. The lowest BCUT2D eigenvalue weighted by atomic mass is 9.85.